The smallest absolute Gasteiger partial charge is 0.316 e. The number of nitrogens with zero attached hydrogens (tertiary/aromatic N) is 4. The molecule has 32 heavy (non-hydrogen) atoms. The number of pyridine rings is 1. The molecule has 168 valence electrons. The van der Waals surface area contributed by atoms with Gasteiger partial charge in [-0.15, -0.1) is 0 Å². The van der Waals surface area contributed by atoms with Crippen molar-refractivity contribution in [1.82, 2.24) is 20.3 Å². The van der Waals surface area contributed by atoms with Gasteiger partial charge < -0.3 is 25.0 Å². The topological polar surface area (TPSA) is 102 Å². The minimum atomic E-state index is -0.278. The number of hydrogen-bond donors (Lipinski definition) is 2. The van der Waals surface area contributed by atoms with Crippen LogP contribution in [0.25, 0.3) is 10.9 Å². The molecule has 9 nitrogen and oxygen atoms in total. The number of fused-ring (bicyclic) bond motifs is 1. The number of anilines is 2. The summed E-state index contributed by atoms with van der Waals surface area (Å²) in [6.07, 6.45) is 1.73. The van der Waals surface area contributed by atoms with Crippen molar-refractivity contribution in [2.24, 2.45) is 0 Å². The number of rotatable bonds is 5. The van der Waals surface area contributed by atoms with Crippen molar-refractivity contribution in [1.29, 1.82) is 0 Å². The molecule has 1 aliphatic heterocycles. The summed E-state index contributed by atoms with van der Waals surface area (Å²) in [5, 5.41) is 7.29. The molecule has 4 rings (SSSR count). The van der Waals surface area contributed by atoms with E-state index in [9.17, 15) is 4.79 Å². The van der Waals surface area contributed by atoms with Crippen molar-refractivity contribution in [3.05, 3.63) is 41.7 Å². The second-order valence-corrected chi connectivity index (χ2v) is 8.07. The van der Waals surface area contributed by atoms with Gasteiger partial charge >= 0.3 is 6.01 Å². The van der Waals surface area contributed by atoms with Crippen LogP contribution < -0.4 is 25.0 Å². The normalized spacial score (nSPS) is 18.5. The number of carbonyl (C=O) groups excluding carboxylic acids is 1. The molecule has 0 bridgehead atoms. The molecule has 1 aliphatic rings. The number of hydrogen-bond acceptors (Lipinski definition) is 8. The average Bonchev–Trinajstić information content (AvgIpc) is 2.78. The fourth-order valence-electron chi connectivity index (χ4n) is 4.14. The van der Waals surface area contributed by atoms with Crippen LogP contribution in [0.3, 0.4) is 0 Å². The number of nitrogens with one attached hydrogen (secondary N) is 2. The van der Waals surface area contributed by atoms with E-state index in [4.69, 9.17) is 9.47 Å². The van der Waals surface area contributed by atoms with Crippen molar-refractivity contribution in [2.75, 3.05) is 37.5 Å². The SMILES string of the molecule is COc1ccc(NC(=O)c2ccc(N3C[C@@H](C)N[C@@H](C)C3)c3cnc(OC)nc23)c(C)n1. The van der Waals surface area contributed by atoms with E-state index in [-0.39, 0.29) is 11.9 Å². The Hall–Kier alpha value is -3.46. The first-order valence-electron chi connectivity index (χ1n) is 10.6. The number of aryl methyl sites for hydroxylation is 1. The maximum Gasteiger partial charge on any atom is 0.316 e. The maximum atomic E-state index is 13.2. The zero-order chi connectivity index (χ0) is 22.8. The second-order valence-electron chi connectivity index (χ2n) is 8.07. The molecule has 3 aromatic rings. The van der Waals surface area contributed by atoms with Gasteiger partial charge in [0.15, 0.2) is 0 Å². The molecule has 0 aliphatic carbocycles. The molecule has 0 spiro atoms. The third kappa shape index (κ3) is 4.29. The Bertz CT molecular complexity index is 1140. The Morgan fingerprint density at radius 1 is 1.09 bits per heavy atom. The van der Waals surface area contributed by atoms with E-state index in [1.165, 1.54) is 7.11 Å². The lowest BCUT2D eigenvalue weighted by molar-refractivity contribution is 0.102. The van der Waals surface area contributed by atoms with Gasteiger partial charge in [0, 0.05) is 48.5 Å². The molecule has 9 heteroatoms. The average molecular weight is 437 g/mol. The molecule has 1 saturated heterocycles. The maximum absolute atomic E-state index is 13.2. The molecule has 2 N–H and O–H groups in total. The molecule has 2 atom stereocenters. The first-order chi connectivity index (χ1) is 15.4. The Labute approximate surface area is 187 Å². The quantitative estimate of drug-likeness (QED) is 0.630. The Morgan fingerprint density at radius 2 is 1.84 bits per heavy atom. The zero-order valence-corrected chi connectivity index (χ0v) is 19.0. The minimum Gasteiger partial charge on any atom is -0.481 e. The lowest BCUT2D eigenvalue weighted by Gasteiger charge is -2.38. The van der Waals surface area contributed by atoms with Crippen LogP contribution in [0, 0.1) is 6.92 Å². The van der Waals surface area contributed by atoms with E-state index in [1.807, 2.05) is 19.1 Å². The standard InChI is InChI=1S/C23H28N6O3/c1-13-11-29(12-14(2)25-13)19-8-6-16(21-17(19)10-24-23(28-21)32-5)22(30)27-18-7-9-20(31-4)26-15(18)3/h6-10,13-14,25H,11-12H2,1-5H3,(H,27,30)/t13-,14+. The second kappa shape index (κ2) is 8.96. The molecule has 0 saturated carbocycles. The molecule has 2 aromatic heterocycles. The first-order valence-corrected chi connectivity index (χ1v) is 10.6. The number of amides is 1. The number of methoxy groups -OCH3 is 2. The number of piperazine rings is 1. The number of ether oxygens (including phenoxy) is 2. The monoisotopic (exact) mass is 436 g/mol. The van der Waals surface area contributed by atoms with Crippen molar-refractivity contribution >= 4 is 28.2 Å². The molecular weight excluding hydrogens is 408 g/mol. The highest BCUT2D eigenvalue weighted by Crippen LogP contribution is 2.31. The molecule has 0 radical (unpaired) electrons. The third-order valence-corrected chi connectivity index (χ3v) is 5.55. The summed E-state index contributed by atoms with van der Waals surface area (Å²) in [6, 6.07) is 8.17. The number of aromatic nitrogens is 3. The molecular formula is C23H28N6O3. The summed E-state index contributed by atoms with van der Waals surface area (Å²) >= 11 is 0. The molecule has 1 fully saturated rings. The van der Waals surface area contributed by atoms with Gasteiger partial charge in [-0.3, -0.25) is 4.79 Å². The summed E-state index contributed by atoms with van der Waals surface area (Å²) < 4.78 is 10.4. The van der Waals surface area contributed by atoms with Crippen molar-refractivity contribution < 1.29 is 14.3 Å². The summed E-state index contributed by atoms with van der Waals surface area (Å²) in [5.41, 5.74) is 3.26. The van der Waals surface area contributed by atoms with Crippen LogP contribution in [0.5, 0.6) is 11.9 Å². The Balaban J connectivity index is 1.74. The lowest BCUT2D eigenvalue weighted by atomic mass is 10.0. The summed E-state index contributed by atoms with van der Waals surface area (Å²) in [7, 11) is 3.07. The van der Waals surface area contributed by atoms with Crippen LogP contribution in [0.4, 0.5) is 11.4 Å². The van der Waals surface area contributed by atoms with Crippen LogP contribution in [0.15, 0.2) is 30.5 Å². The van der Waals surface area contributed by atoms with Crippen molar-refractivity contribution in [3.8, 4) is 11.9 Å². The predicted molar refractivity (Wildman–Crippen MR) is 124 cm³/mol. The fourth-order valence-corrected chi connectivity index (χ4v) is 4.14. The van der Waals surface area contributed by atoms with Crippen molar-refractivity contribution in [3.63, 3.8) is 0 Å². The minimum absolute atomic E-state index is 0.216. The summed E-state index contributed by atoms with van der Waals surface area (Å²) in [6.45, 7) is 7.85. The van der Waals surface area contributed by atoms with Crippen LogP contribution in [-0.4, -0.2) is 60.3 Å². The van der Waals surface area contributed by atoms with Gasteiger partial charge in [-0.25, -0.2) is 9.97 Å². The molecule has 1 amide bonds. The highest BCUT2D eigenvalue weighted by atomic mass is 16.5. The highest BCUT2D eigenvalue weighted by molar-refractivity contribution is 6.14. The van der Waals surface area contributed by atoms with Gasteiger partial charge in [-0.1, -0.05) is 0 Å². The molecule has 0 unspecified atom stereocenters. The van der Waals surface area contributed by atoms with Crippen molar-refractivity contribution in [2.45, 2.75) is 32.9 Å². The van der Waals surface area contributed by atoms with E-state index in [0.717, 1.165) is 24.2 Å². The predicted octanol–water partition coefficient (Wildman–Crippen LogP) is 2.79. The number of carbonyl (C=O) groups is 1. The fraction of sp³-hybridized carbons (Fsp3) is 0.391. The van der Waals surface area contributed by atoms with Crippen LogP contribution in [0.1, 0.15) is 29.9 Å². The largest absolute Gasteiger partial charge is 0.481 e. The van der Waals surface area contributed by atoms with Gasteiger partial charge in [0.05, 0.1) is 36.7 Å². The number of benzene rings is 1. The van der Waals surface area contributed by atoms with E-state index in [0.29, 0.717) is 40.4 Å². The van der Waals surface area contributed by atoms with Gasteiger partial charge in [0.1, 0.15) is 0 Å². The Morgan fingerprint density at radius 3 is 2.50 bits per heavy atom. The molecule has 3 heterocycles. The van der Waals surface area contributed by atoms with Crippen LogP contribution >= 0.6 is 0 Å². The summed E-state index contributed by atoms with van der Waals surface area (Å²) in [5.74, 6) is 0.215. The van der Waals surface area contributed by atoms with Gasteiger partial charge in [-0.05, 0) is 39.0 Å². The zero-order valence-electron chi connectivity index (χ0n) is 19.0. The van der Waals surface area contributed by atoms with Gasteiger partial charge in [-0.2, -0.15) is 4.98 Å². The summed E-state index contributed by atoms with van der Waals surface area (Å²) in [4.78, 5) is 28.7. The van der Waals surface area contributed by atoms with Crippen LogP contribution in [-0.2, 0) is 0 Å². The van der Waals surface area contributed by atoms with Gasteiger partial charge in [0.2, 0.25) is 5.88 Å². The van der Waals surface area contributed by atoms with E-state index in [2.05, 4.69) is 44.3 Å². The highest BCUT2D eigenvalue weighted by Gasteiger charge is 2.24. The third-order valence-electron chi connectivity index (χ3n) is 5.55. The van der Waals surface area contributed by atoms with E-state index in [1.54, 1.807) is 25.4 Å². The molecule has 1 aromatic carbocycles. The Kier molecular flexibility index (Phi) is 6.09. The van der Waals surface area contributed by atoms with Crippen LogP contribution in [0.2, 0.25) is 0 Å². The van der Waals surface area contributed by atoms with E-state index < -0.39 is 0 Å². The first kappa shape index (κ1) is 21.8. The van der Waals surface area contributed by atoms with E-state index >= 15 is 0 Å². The lowest BCUT2D eigenvalue weighted by Crippen LogP contribution is -2.54. The van der Waals surface area contributed by atoms with Gasteiger partial charge in [0.25, 0.3) is 5.91 Å².